The summed E-state index contributed by atoms with van der Waals surface area (Å²) in [6, 6.07) is 9.37. The van der Waals surface area contributed by atoms with Crippen LogP contribution in [0.25, 0.3) is 0 Å². The number of nitrogens with zero attached hydrogens (tertiary/aromatic N) is 3. The number of aliphatic imine (C=N–C) groups is 1. The molecule has 1 aromatic carbocycles. The van der Waals surface area contributed by atoms with Crippen LogP contribution < -0.4 is 10.6 Å². The van der Waals surface area contributed by atoms with Gasteiger partial charge in [-0.3, -0.25) is 4.79 Å². The Balaban J connectivity index is 1.83. The summed E-state index contributed by atoms with van der Waals surface area (Å²) in [7, 11) is 0. The number of aromatic nitrogens is 2. The molecular weight excluding hydrogens is 266 g/mol. The maximum Gasteiger partial charge on any atom is 0.253 e. The molecule has 0 bridgehead atoms. The van der Waals surface area contributed by atoms with Crippen molar-refractivity contribution < 1.29 is 4.79 Å². The maximum atomic E-state index is 12.2. The van der Waals surface area contributed by atoms with Crippen molar-refractivity contribution in [3.8, 4) is 0 Å². The van der Waals surface area contributed by atoms with Gasteiger partial charge in [0.25, 0.3) is 5.91 Å². The number of fused-ring (bicyclic) bond motifs is 1. The largest absolute Gasteiger partial charge is 0.351 e. The first-order valence-corrected chi connectivity index (χ1v) is 6.88. The van der Waals surface area contributed by atoms with Gasteiger partial charge in [-0.1, -0.05) is 18.2 Å². The fraction of sp³-hybridized carbons (Fsp3) is 0.267. The summed E-state index contributed by atoms with van der Waals surface area (Å²) in [6.45, 7) is 4.13. The molecule has 0 radical (unpaired) electrons. The number of hydrogen-bond acceptors (Lipinski definition) is 4. The zero-order valence-corrected chi connectivity index (χ0v) is 11.9. The average molecular weight is 283 g/mol. The van der Waals surface area contributed by atoms with E-state index in [9.17, 15) is 4.79 Å². The second-order valence-electron chi connectivity index (χ2n) is 5.15. The third kappa shape index (κ3) is 2.52. The molecule has 1 atom stereocenters. The molecule has 0 saturated heterocycles. The third-order valence-corrected chi connectivity index (χ3v) is 3.36. The highest BCUT2D eigenvalue weighted by Gasteiger charge is 2.25. The number of amides is 1. The Morgan fingerprint density at radius 3 is 2.81 bits per heavy atom. The summed E-state index contributed by atoms with van der Waals surface area (Å²) in [5.74, 6) is 0.635. The topological polar surface area (TPSA) is 71.3 Å². The number of rotatable bonds is 3. The number of carbonyl (C=O) groups is 1. The predicted molar refractivity (Wildman–Crippen MR) is 80.5 cm³/mol. The van der Waals surface area contributed by atoms with E-state index in [1.54, 1.807) is 24.8 Å². The number of benzene rings is 1. The van der Waals surface area contributed by atoms with E-state index in [-0.39, 0.29) is 18.1 Å². The smallest absolute Gasteiger partial charge is 0.253 e. The predicted octanol–water partition coefficient (Wildman–Crippen LogP) is 2.16. The van der Waals surface area contributed by atoms with Crippen LogP contribution in [-0.4, -0.2) is 21.8 Å². The molecule has 1 aromatic heterocycles. The van der Waals surface area contributed by atoms with Gasteiger partial charge in [-0.05, 0) is 26.0 Å². The first-order valence-electron chi connectivity index (χ1n) is 6.88. The molecule has 0 spiro atoms. The molecule has 6 nitrogen and oxygen atoms in total. The number of imidazole rings is 1. The van der Waals surface area contributed by atoms with Crippen molar-refractivity contribution in [3.63, 3.8) is 0 Å². The van der Waals surface area contributed by atoms with Crippen LogP contribution in [0, 0.1) is 0 Å². The van der Waals surface area contributed by atoms with Gasteiger partial charge in [0, 0.05) is 11.6 Å². The maximum absolute atomic E-state index is 12.2. The highest BCUT2D eigenvalue weighted by Crippen LogP contribution is 2.28. The molecule has 0 saturated carbocycles. The van der Waals surface area contributed by atoms with Gasteiger partial charge in [0.1, 0.15) is 11.9 Å². The highest BCUT2D eigenvalue weighted by atomic mass is 16.1. The lowest BCUT2D eigenvalue weighted by molar-refractivity contribution is 0.0933. The minimum atomic E-state index is -0.370. The van der Waals surface area contributed by atoms with E-state index in [4.69, 9.17) is 0 Å². The quantitative estimate of drug-likeness (QED) is 0.906. The molecule has 2 aromatic rings. The van der Waals surface area contributed by atoms with Gasteiger partial charge in [-0.2, -0.15) is 0 Å². The van der Waals surface area contributed by atoms with Crippen LogP contribution in [0.15, 0.2) is 41.7 Å². The zero-order valence-electron chi connectivity index (χ0n) is 11.9. The lowest BCUT2D eigenvalue weighted by atomic mass is 10.2. The molecular formula is C15H17N5O. The number of carbonyl (C=O) groups excluding carboxylic acids is 1. The van der Waals surface area contributed by atoms with E-state index in [1.165, 1.54) is 0 Å². The summed E-state index contributed by atoms with van der Waals surface area (Å²) in [4.78, 5) is 20.9. The average Bonchev–Trinajstić information content (AvgIpc) is 2.93. The van der Waals surface area contributed by atoms with E-state index >= 15 is 0 Å². The van der Waals surface area contributed by atoms with E-state index < -0.39 is 0 Å². The summed E-state index contributed by atoms with van der Waals surface area (Å²) < 4.78 is 1.98. The van der Waals surface area contributed by atoms with Gasteiger partial charge in [0.05, 0.1) is 12.7 Å². The highest BCUT2D eigenvalue weighted by molar-refractivity contribution is 5.94. The molecule has 21 heavy (non-hydrogen) atoms. The standard InChI is InChI=1S/C15H17N5O/c1-10(2)20-9-18-12-13(16-8-17-14(12)20)19-15(21)11-6-4-3-5-7-11/h3-10,13H,1-2H3,(H,16,17)(H,19,21). The molecule has 2 N–H and O–H groups in total. The molecule has 1 aliphatic heterocycles. The van der Waals surface area contributed by atoms with Crippen molar-refractivity contribution in [3.05, 3.63) is 47.9 Å². The van der Waals surface area contributed by atoms with E-state index in [0.717, 1.165) is 11.5 Å². The van der Waals surface area contributed by atoms with Gasteiger partial charge in [0.2, 0.25) is 0 Å². The molecule has 6 heteroatoms. The van der Waals surface area contributed by atoms with E-state index in [2.05, 4.69) is 34.5 Å². The molecule has 3 rings (SSSR count). The SMILES string of the molecule is CC(C)n1cnc2c1N=CNC2NC(=O)c1ccccc1. The normalized spacial score (nSPS) is 16.4. The first-order chi connectivity index (χ1) is 10.2. The van der Waals surface area contributed by atoms with Gasteiger partial charge in [-0.25, -0.2) is 9.98 Å². The minimum Gasteiger partial charge on any atom is -0.351 e. The molecule has 108 valence electrons. The molecule has 0 fully saturated rings. The van der Waals surface area contributed by atoms with Crippen molar-refractivity contribution in [2.24, 2.45) is 4.99 Å². The van der Waals surface area contributed by atoms with Gasteiger partial charge >= 0.3 is 0 Å². The van der Waals surface area contributed by atoms with E-state index in [0.29, 0.717) is 5.56 Å². The molecule has 2 heterocycles. The summed E-state index contributed by atoms with van der Waals surface area (Å²) in [6.07, 6.45) is 2.98. The zero-order chi connectivity index (χ0) is 14.8. The van der Waals surface area contributed by atoms with Crippen molar-refractivity contribution in [1.29, 1.82) is 0 Å². The lowest BCUT2D eigenvalue weighted by Gasteiger charge is -2.21. The minimum absolute atomic E-state index is 0.145. The lowest BCUT2D eigenvalue weighted by Crippen LogP contribution is -2.39. The van der Waals surface area contributed by atoms with Crippen LogP contribution in [-0.2, 0) is 0 Å². The van der Waals surface area contributed by atoms with Crippen molar-refractivity contribution in [2.45, 2.75) is 26.1 Å². The fourth-order valence-electron chi connectivity index (χ4n) is 2.25. The first kappa shape index (κ1) is 13.4. The molecule has 0 aliphatic carbocycles. The van der Waals surface area contributed by atoms with Crippen LogP contribution in [0.4, 0.5) is 5.82 Å². The Morgan fingerprint density at radius 1 is 1.33 bits per heavy atom. The van der Waals surface area contributed by atoms with Crippen molar-refractivity contribution in [1.82, 2.24) is 20.2 Å². The Morgan fingerprint density at radius 2 is 2.10 bits per heavy atom. The second-order valence-corrected chi connectivity index (χ2v) is 5.15. The van der Waals surface area contributed by atoms with Crippen molar-refractivity contribution >= 4 is 18.1 Å². The Hall–Kier alpha value is -2.63. The second kappa shape index (κ2) is 5.40. The Bertz CT molecular complexity index is 675. The number of hydrogen-bond donors (Lipinski definition) is 2. The van der Waals surface area contributed by atoms with Gasteiger partial charge < -0.3 is 15.2 Å². The van der Waals surface area contributed by atoms with Gasteiger partial charge in [0.15, 0.2) is 5.82 Å². The van der Waals surface area contributed by atoms with Crippen molar-refractivity contribution in [2.75, 3.05) is 0 Å². The van der Waals surface area contributed by atoms with Crippen LogP contribution in [0.3, 0.4) is 0 Å². The molecule has 1 unspecified atom stereocenters. The van der Waals surface area contributed by atoms with E-state index in [1.807, 2.05) is 22.8 Å². The van der Waals surface area contributed by atoms with Crippen LogP contribution in [0.5, 0.6) is 0 Å². The van der Waals surface area contributed by atoms with Crippen LogP contribution in [0.2, 0.25) is 0 Å². The van der Waals surface area contributed by atoms with Crippen LogP contribution in [0.1, 0.15) is 42.1 Å². The monoisotopic (exact) mass is 283 g/mol. The van der Waals surface area contributed by atoms with Gasteiger partial charge in [-0.15, -0.1) is 0 Å². The fourth-order valence-corrected chi connectivity index (χ4v) is 2.25. The summed E-state index contributed by atoms with van der Waals surface area (Å²) in [5, 5.41) is 5.96. The Labute approximate surface area is 122 Å². The molecule has 1 aliphatic rings. The third-order valence-electron chi connectivity index (χ3n) is 3.36. The number of nitrogens with one attached hydrogen (secondary N) is 2. The Kier molecular flexibility index (Phi) is 3.43. The summed E-state index contributed by atoms with van der Waals surface area (Å²) >= 11 is 0. The van der Waals surface area contributed by atoms with Crippen LogP contribution >= 0.6 is 0 Å². The molecule has 1 amide bonds. The summed E-state index contributed by atoms with van der Waals surface area (Å²) in [5.41, 5.74) is 1.35.